The number of aliphatic hydroxyl groups excluding tert-OH is 4. The number of ether oxygens (including phenoxy) is 3. The lowest BCUT2D eigenvalue weighted by molar-refractivity contribution is -0.298. The highest BCUT2D eigenvalue weighted by molar-refractivity contribution is 5.95. The smallest absolute Gasteiger partial charge is 0.336 e. The van der Waals surface area contributed by atoms with Gasteiger partial charge in [0.05, 0.1) is 18.8 Å². The Kier molecular flexibility index (Phi) is 8.78. The summed E-state index contributed by atoms with van der Waals surface area (Å²) in [5.41, 5.74) is 1.32. The minimum absolute atomic E-state index is 0.0253. The van der Waals surface area contributed by atoms with Crippen LogP contribution < -0.4 is 0 Å². The van der Waals surface area contributed by atoms with Gasteiger partial charge >= 0.3 is 11.9 Å². The second-order valence-electron chi connectivity index (χ2n) is 8.21. The molecule has 1 aliphatic carbocycles. The molecule has 11 heteroatoms. The van der Waals surface area contributed by atoms with Gasteiger partial charge < -0.3 is 44.8 Å². The van der Waals surface area contributed by atoms with Crippen molar-refractivity contribution in [2.24, 2.45) is 0 Å². The van der Waals surface area contributed by atoms with Gasteiger partial charge in [-0.15, -0.1) is 0 Å². The Bertz CT molecular complexity index is 1010. The fraction of sp³-hybridized carbons (Fsp3) is 0.417. The number of carboxylic acid groups (broad SMARTS) is 1. The molecule has 0 spiro atoms. The zero-order chi connectivity index (χ0) is 25.7. The van der Waals surface area contributed by atoms with Crippen molar-refractivity contribution in [1.29, 1.82) is 0 Å². The highest BCUT2D eigenvalue weighted by Crippen LogP contribution is 2.34. The van der Waals surface area contributed by atoms with Crippen LogP contribution in [-0.4, -0.2) is 92.6 Å². The minimum Gasteiger partial charge on any atom is -0.508 e. The Labute approximate surface area is 200 Å². The Morgan fingerprint density at radius 2 is 1.80 bits per heavy atom. The first-order chi connectivity index (χ1) is 16.6. The van der Waals surface area contributed by atoms with E-state index in [4.69, 9.17) is 14.2 Å². The van der Waals surface area contributed by atoms with Gasteiger partial charge in [0.2, 0.25) is 0 Å². The molecule has 0 aromatic heterocycles. The molecule has 0 saturated carbocycles. The molecule has 3 rings (SSSR count). The van der Waals surface area contributed by atoms with Crippen LogP contribution in [0, 0.1) is 0 Å². The van der Waals surface area contributed by atoms with Crippen molar-refractivity contribution in [3.63, 3.8) is 0 Å². The van der Waals surface area contributed by atoms with Gasteiger partial charge in [-0.2, -0.15) is 0 Å². The number of esters is 1. The molecule has 11 nitrogen and oxygen atoms in total. The predicted octanol–water partition coefficient (Wildman–Crippen LogP) is -0.135. The van der Waals surface area contributed by atoms with Crippen LogP contribution in [0.4, 0.5) is 0 Å². The first-order valence-electron chi connectivity index (χ1n) is 10.9. The van der Waals surface area contributed by atoms with Gasteiger partial charge in [0.15, 0.2) is 6.29 Å². The van der Waals surface area contributed by atoms with E-state index in [1.807, 2.05) is 0 Å². The quantitative estimate of drug-likeness (QED) is 0.210. The fourth-order valence-electron chi connectivity index (χ4n) is 3.91. The molecule has 1 heterocycles. The lowest BCUT2D eigenvalue weighted by Crippen LogP contribution is -2.59. The van der Waals surface area contributed by atoms with Crippen molar-refractivity contribution in [2.75, 3.05) is 13.2 Å². The largest absolute Gasteiger partial charge is 0.508 e. The Hall–Kier alpha value is -3.06. The monoisotopic (exact) mass is 492 g/mol. The molecule has 0 unspecified atom stereocenters. The number of hydrogen-bond donors (Lipinski definition) is 6. The maximum atomic E-state index is 12.4. The van der Waals surface area contributed by atoms with Gasteiger partial charge in [-0.05, 0) is 30.7 Å². The average molecular weight is 492 g/mol. The summed E-state index contributed by atoms with van der Waals surface area (Å²) in [6.07, 6.45) is -3.99. The average Bonchev–Trinajstić information content (AvgIpc) is 3.13. The van der Waals surface area contributed by atoms with E-state index in [1.165, 1.54) is 30.4 Å². The number of carbonyl (C=O) groups is 2. The summed E-state index contributed by atoms with van der Waals surface area (Å²) in [7, 11) is 0. The van der Waals surface area contributed by atoms with Crippen molar-refractivity contribution in [3.05, 3.63) is 58.7 Å². The normalized spacial score (nSPS) is 30.3. The molecule has 1 aliphatic heterocycles. The number of hydrogen-bond acceptors (Lipinski definition) is 10. The molecular weight excluding hydrogens is 464 g/mol. The summed E-state index contributed by atoms with van der Waals surface area (Å²) in [6, 6.07) is 6.13. The number of benzene rings is 1. The summed E-state index contributed by atoms with van der Waals surface area (Å²) in [4.78, 5) is 24.2. The number of phenols is 1. The second-order valence-corrected chi connectivity index (χ2v) is 8.21. The third-order valence-corrected chi connectivity index (χ3v) is 5.74. The molecule has 6 N–H and O–H groups in total. The van der Waals surface area contributed by atoms with Crippen LogP contribution in [0.25, 0.3) is 6.08 Å². The molecule has 1 fully saturated rings. The van der Waals surface area contributed by atoms with Gasteiger partial charge in [-0.1, -0.05) is 23.8 Å². The van der Waals surface area contributed by atoms with E-state index in [1.54, 1.807) is 19.1 Å². The molecule has 6 atom stereocenters. The molecule has 0 bridgehead atoms. The van der Waals surface area contributed by atoms with Gasteiger partial charge in [0.1, 0.15) is 36.3 Å². The van der Waals surface area contributed by atoms with E-state index in [2.05, 4.69) is 0 Å². The van der Waals surface area contributed by atoms with Gasteiger partial charge in [0.25, 0.3) is 0 Å². The SMILES string of the molecule is CC1=C(C(=O)O)C(=CCO[C@@H]2O[C@H](CO)[C@@H](O)[C@H](O)[C@H]2O)[C@H](OC(=O)C=Cc2ccc(O)cc2)C1. The summed E-state index contributed by atoms with van der Waals surface area (Å²) in [5.74, 6) is -1.83. The fourth-order valence-corrected chi connectivity index (χ4v) is 3.91. The van der Waals surface area contributed by atoms with Crippen LogP contribution in [0.1, 0.15) is 18.9 Å². The van der Waals surface area contributed by atoms with Gasteiger partial charge in [0, 0.05) is 18.1 Å². The Morgan fingerprint density at radius 1 is 1.11 bits per heavy atom. The summed E-state index contributed by atoms with van der Waals surface area (Å²) >= 11 is 0. The Morgan fingerprint density at radius 3 is 2.43 bits per heavy atom. The topological polar surface area (TPSA) is 183 Å². The van der Waals surface area contributed by atoms with Crippen molar-refractivity contribution in [2.45, 2.75) is 50.2 Å². The minimum atomic E-state index is -1.61. The molecule has 1 aromatic rings. The number of aliphatic carboxylic acids is 1. The van der Waals surface area contributed by atoms with Gasteiger partial charge in [-0.3, -0.25) is 0 Å². The number of carboxylic acids is 1. The van der Waals surface area contributed by atoms with Crippen molar-refractivity contribution >= 4 is 18.0 Å². The lowest BCUT2D eigenvalue weighted by atomic mass is 9.99. The second kappa shape index (κ2) is 11.6. The third-order valence-electron chi connectivity index (χ3n) is 5.74. The van der Waals surface area contributed by atoms with Crippen molar-refractivity contribution < 1.29 is 54.4 Å². The first-order valence-corrected chi connectivity index (χ1v) is 10.9. The zero-order valence-electron chi connectivity index (χ0n) is 18.9. The summed E-state index contributed by atoms with van der Waals surface area (Å²) in [5, 5.41) is 58.0. The summed E-state index contributed by atoms with van der Waals surface area (Å²) < 4.78 is 16.1. The van der Waals surface area contributed by atoms with Crippen molar-refractivity contribution in [1.82, 2.24) is 0 Å². The molecule has 35 heavy (non-hydrogen) atoms. The van der Waals surface area contributed by atoms with Crippen molar-refractivity contribution in [3.8, 4) is 5.75 Å². The van der Waals surface area contributed by atoms with E-state index in [-0.39, 0.29) is 29.9 Å². The molecule has 2 aliphatic rings. The maximum absolute atomic E-state index is 12.4. The van der Waals surface area contributed by atoms with Crippen LogP contribution in [-0.2, 0) is 23.8 Å². The predicted molar refractivity (Wildman–Crippen MR) is 120 cm³/mol. The van der Waals surface area contributed by atoms with E-state index in [0.29, 0.717) is 11.1 Å². The standard InChI is InChI=1S/C24H28O11/c1-12-10-16(34-18(27)7-4-13-2-5-14(26)6-3-13)15(19(12)23(31)32)8-9-33-24-22(30)21(29)20(28)17(11-25)35-24/h2-8,16-17,20-22,24-26,28-30H,9-11H2,1H3,(H,31,32)/t16-,17-,20-,21+,22-,24-/m1/s1. The van der Waals surface area contributed by atoms with E-state index < -0.39 is 55.4 Å². The van der Waals surface area contributed by atoms with Crippen LogP contribution in [0.2, 0.25) is 0 Å². The molecule has 0 radical (unpaired) electrons. The molecule has 1 saturated heterocycles. The maximum Gasteiger partial charge on any atom is 0.336 e. The van der Waals surface area contributed by atoms with E-state index in [9.17, 15) is 40.2 Å². The van der Waals surface area contributed by atoms with E-state index >= 15 is 0 Å². The number of phenolic OH excluding ortho intramolecular Hbond substituents is 1. The first kappa shape index (κ1) is 26.5. The third kappa shape index (κ3) is 6.34. The number of aromatic hydroxyl groups is 1. The van der Waals surface area contributed by atoms with E-state index in [0.717, 1.165) is 0 Å². The number of aliphatic hydroxyl groups is 4. The molecule has 190 valence electrons. The number of carbonyl (C=O) groups excluding carboxylic acids is 1. The summed E-state index contributed by atoms with van der Waals surface area (Å²) in [6.45, 7) is 0.710. The van der Waals surface area contributed by atoms with Crippen LogP contribution in [0.15, 0.2) is 53.1 Å². The highest BCUT2D eigenvalue weighted by atomic mass is 16.7. The highest BCUT2D eigenvalue weighted by Gasteiger charge is 2.44. The lowest BCUT2D eigenvalue weighted by Gasteiger charge is -2.39. The van der Waals surface area contributed by atoms with Crippen LogP contribution in [0.3, 0.4) is 0 Å². The zero-order valence-corrected chi connectivity index (χ0v) is 18.9. The molecule has 1 aromatic carbocycles. The van der Waals surface area contributed by atoms with Crippen LogP contribution in [0.5, 0.6) is 5.75 Å². The molecule has 0 amide bonds. The number of rotatable bonds is 8. The van der Waals surface area contributed by atoms with Gasteiger partial charge in [-0.25, -0.2) is 9.59 Å². The Balaban J connectivity index is 1.69. The van der Waals surface area contributed by atoms with Crippen LogP contribution >= 0.6 is 0 Å². The molecular formula is C24H28O11.